The molecule has 4 rings (SSSR count). The number of nitrogens with one attached hydrogen (secondary N) is 1. The van der Waals surface area contributed by atoms with Gasteiger partial charge in [-0.1, -0.05) is 31.4 Å². The molecule has 1 atom stereocenters. The minimum atomic E-state index is -0.571. The van der Waals surface area contributed by atoms with Crippen molar-refractivity contribution in [3.8, 4) is 11.5 Å². The molecule has 146 valence electrons. The van der Waals surface area contributed by atoms with Gasteiger partial charge in [-0.2, -0.15) is 0 Å². The lowest BCUT2D eigenvalue weighted by Crippen LogP contribution is -2.57. The molecule has 2 aliphatic heterocycles. The number of para-hydroxylation sites is 2. The van der Waals surface area contributed by atoms with Crippen molar-refractivity contribution in [3.63, 3.8) is 0 Å². The number of ether oxygens (including phenoxy) is 2. The summed E-state index contributed by atoms with van der Waals surface area (Å²) >= 11 is 5.59. The second-order valence-electron chi connectivity index (χ2n) is 7.46. The molecule has 7 heteroatoms. The van der Waals surface area contributed by atoms with Crippen LogP contribution in [0.1, 0.15) is 32.1 Å². The zero-order valence-corrected chi connectivity index (χ0v) is 16.4. The van der Waals surface area contributed by atoms with Crippen molar-refractivity contribution >= 4 is 23.2 Å². The Morgan fingerprint density at radius 2 is 1.67 bits per heavy atom. The largest absolute Gasteiger partial charge is 0.485 e. The van der Waals surface area contributed by atoms with Crippen LogP contribution in [0, 0.1) is 0 Å². The Labute approximate surface area is 165 Å². The number of hydrogen-bond donors (Lipinski definition) is 1. The van der Waals surface area contributed by atoms with Gasteiger partial charge in [0.15, 0.2) is 16.6 Å². The van der Waals surface area contributed by atoms with Gasteiger partial charge in [0, 0.05) is 32.2 Å². The molecule has 1 aromatic carbocycles. The highest BCUT2D eigenvalue weighted by Gasteiger charge is 2.33. The number of rotatable bonds is 2. The minimum absolute atomic E-state index is 0.00434. The predicted octanol–water partition coefficient (Wildman–Crippen LogP) is 2.18. The van der Waals surface area contributed by atoms with Gasteiger partial charge in [0.1, 0.15) is 6.61 Å². The third-order valence-electron chi connectivity index (χ3n) is 5.60. The average Bonchev–Trinajstić information content (AvgIpc) is 2.73. The van der Waals surface area contributed by atoms with Crippen LogP contribution in [0.3, 0.4) is 0 Å². The first-order valence-corrected chi connectivity index (χ1v) is 10.3. The van der Waals surface area contributed by atoms with Crippen molar-refractivity contribution in [1.29, 1.82) is 0 Å². The first-order valence-electron chi connectivity index (χ1n) is 9.93. The molecule has 2 heterocycles. The fourth-order valence-electron chi connectivity index (χ4n) is 3.99. The van der Waals surface area contributed by atoms with Crippen LogP contribution < -0.4 is 14.8 Å². The number of benzene rings is 1. The monoisotopic (exact) mass is 389 g/mol. The quantitative estimate of drug-likeness (QED) is 0.783. The number of carbonyl (C=O) groups excluding carboxylic acids is 1. The maximum Gasteiger partial charge on any atom is 0.267 e. The highest BCUT2D eigenvalue weighted by molar-refractivity contribution is 7.80. The summed E-state index contributed by atoms with van der Waals surface area (Å²) in [5.74, 6) is 1.33. The van der Waals surface area contributed by atoms with Gasteiger partial charge in [-0.25, -0.2) is 0 Å². The Balaban J connectivity index is 1.26. The number of thiocarbonyl (C=S) groups is 1. The van der Waals surface area contributed by atoms with Crippen LogP contribution in [-0.4, -0.2) is 65.8 Å². The van der Waals surface area contributed by atoms with Crippen molar-refractivity contribution in [2.24, 2.45) is 0 Å². The Morgan fingerprint density at radius 1 is 1.00 bits per heavy atom. The van der Waals surface area contributed by atoms with Gasteiger partial charge in [0.05, 0.1) is 0 Å². The lowest BCUT2D eigenvalue weighted by Gasteiger charge is -2.39. The highest BCUT2D eigenvalue weighted by Crippen LogP contribution is 2.31. The van der Waals surface area contributed by atoms with Crippen molar-refractivity contribution < 1.29 is 14.3 Å². The maximum absolute atomic E-state index is 12.8. The topological polar surface area (TPSA) is 54.0 Å². The zero-order valence-electron chi connectivity index (χ0n) is 15.6. The Bertz CT molecular complexity index is 685. The Morgan fingerprint density at radius 3 is 2.41 bits per heavy atom. The number of amides is 1. The molecule has 1 aromatic rings. The Hall–Kier alpha value is -2.02. The van der Waals surface area contributed by atoms with E-state index in [1.807, 2.05) is 29.2 Å². The average molecular weight is 390 g/mol. The summed E-state index contributed by atoms with van der Waals surface area (Å²) in [5.41, 5.74) is 0. The molecule has 3 aliphatic rings. The Kier molecular flexibility index (Phi) is 5.66. The van der Waals surface area contributed by atoms with Crippen molar-refractivity contribution in [2.75, 3.05) is 32.8 Å². The number of piperazine rings is 1. The van der Waals surface area contributed by atoms with Gasteiger partial charge in [-0.15, -0.1) is 0 Å². The van der Waals surface area contributed by atoms with Crippen LogP contribution in [0.25, 0.3) is 0 Å². The van der Waals surface area contributed by atoms with E-state index in [1.54, 1.807) is 0 Å². The molecular weight excluding hydrogens is 362 g/mol. The second kappa shape index (κ2) is 8.33. The number of fused-ring (bicyclic) bond motifs is 1. The van der Waals surface area contributed by atoms with E-state index in [-0.39, 0.29) is 12.5 Å². The van der Waals surface area contributed by atoms with Gasteiger partial charge >= 0.3 is 0 Å². The number of nitrogens with zero attached hydrogens (tertiary/aromatic N) is 2. The van der Waals surface area contributed by atoms with E-state index in [2.05, 4.69) is 10.2 Å². The first kappa shape index (κ1) is 18.3. The summed E-state index contributed by atoms with van der Waals surface area (Å²) in [6.45, 7) is 3.10. The fourth-order valence-corrected chi connectivity index (χ4v) is 4.34. The standard InChI is InChI=1S/C20H27N3O3S/c24-19(18-14-25-16-8-4-5-9-17(16)26-18)22-10-12-23(13-11-22)20(27)21-15-6-2-1-3-7-15/h4-5,8-9,15,18H,1-3,6-7,10-14H2,(H,21,27)/t18-/m1/s1. The molecule has 1 N–H and O–H groups in total. The molecule has 0 aromatic heterocycles. The van der Waals surface area contributed by atoms with Crippen molar-refractivity contribution in [2.45, 2.75) is 44.2 Å². The van der Waals surface area contributed by atoms with Crippen LogP contribution in [0.4, 0.5) is 0 Å². The highest BCUT2D eigenvalue weighted by atomic mass is 32.1. The number of hydrogen-bond acceptors (Lipinski definition) is 4. The predicted molar refractivity (Wildman–Crippen MR) is 107 cm³/mol. The van der Waals surface area contributed by atoms with Crippen LogP contribution in [0.2, 0.25) is 0 Å². The summed E-state index contributed by atoms with van der Waals surface area (Å²) in [4.78, 5) is 16.9. The summed E-state index contributed by atoms with van der Waals surface area (Å²) in [6.07, 6.45) is 5.75. The van der Waals surface area contributed by atoms with Crippen LogP contribution >= 0.6 is 12.2 Å². The fraction of sp³-hybridized carbons (Fsp3) is 0.600. The SMILES string of the molecule is O=C([C@H]1COc2ccccc2O1)N1CCN(C(=S)NC2CCCCC2)CC1. The van der Waals surface area contributed by atoms with Crippen molar-refractivity contribution in [1.82, 2.24) is 15.1 Å². The molecule has 0 spiro atoms. The van der Waals surface area contributed by atoms with Gasteiger partial charge in [0.25, 0.3) is 5.91 Å². The molecule has 1 aliphatic carbocycles. The van der Waals surface area contributed by atoms with Gasteiger partial charge < -0.3 is 24.6 Å². The molecule has 2 fully saturated rings. The lowest BCUT2D eigenvalue weighted by atomic mass is 9.96. The summed E-state index contributed by atoms with van der Waals surface area (Å²) < 4.78 is 11.5. The molecule has 1 amide bonds. The van der Waals surface area contributed by atoms with Gasteiger partial charge in [-0.05, 0) is 37.2 Å². The normalized spacial score (nSPS) is 23.0. The zero-order chi connectivity index (χ0) is 18.6. The second-order valence-corrected chi connectivity index (χ2v) is 7.85. The van der Waals surface area contributed by atoms with E-state index in [1.165, 1.54) is 32.1 Å². The van der Waals surface area contributed by atoms with E-state index < -0.39 is 6.10 Å². The van der Waals surface area contributed by atoms with E-state index in [0.717, 1.165) is 18.2 Å². The van der Waals surface area contributed by atoms with E-state index in [4.69, 9.17) is 21.7 Å². The third kappa shape index (κ3) is 4.29. The van der Waals surface area contributed by atoms with E-state index in [9.17, 15) is 4.79 Å². The summed E-state index contributed by atoms with van der Waals surface area (Å²) in [7, 11) is 0. The molecule has 0 unspecified atom stereocenters. The van der Waals surface area contributed by atoms with Crippen molar-refractivity contribution in [3.05, 3.63) is 24.3 Å². The first-order chi connectivity index (χ1) is 13.2. The van der Waals surface area contributed by atoms with Gasteiger partial charge in [-0.3, -0.25) is 4.79 Å². The molecule has 1 saturated carbocycles. The van der Waals surface area contributed by atoms with E-state index >= 15 is 0 Å². The van der Waals surface area contributed by atoms with Crippen LogP contribution in [0.5, 0.6) is 11.5 Å². The number of carbonyl (C=O) groups is 1. The van der Waals surface area contributed by atoms with Gasteiger partial charge in [0.2, 0.25) is 6.10 Å². The molecule has 6 nitrogen and oxygen atoms in total. The maximum atomic E-state index is 12.8. The molecule has 0 bridgehead atoms. The van der Waals surface area contributed by atoms with Crippen LogP contribution in [0.15, 0.2) is 24.3 Å². The third-order valence-corrected chi connectivity index (χ3v) is 5.97. The molecule has 0 radical (unpaired) electrons. The minimum Gasteiger partial charge on any atom is -0.485 e. The molecular formula is C20H27N3O3S. The molecule has 1 saturated heterocycles. The molecule has 27 heavy (non-hydrogen) atoms. The summed E-state index contributed by atoms with van der Waals surface area (Å²) in [5, 5.41) is 4.35. The summed E-state index contributed by atoms with van der Waals surface area (Å²) in [6, 6.07) is 7.98. The van der Waals surface area contributed by atoms with E-state index in [0.29, 0.717) is 30.6 Å². The lowest BCUT2D eigenvalue weighted by molar-refractivity contribution is -0.142. The van der Waals surface area contributed by atoms with Crippen LogP contribution in [-0.2, 0) is 4.79 Å². The smallest absolute Gasteiger partial charge is 0.267 e.